The molecule has 0 aliphatic carbocycles. The van der Waals surface area contributed by atoms with Gasteiger partial charge in [-0.3, -0.25) is 9.78 Å². The second-order valence-electron chi connectivity index (χ2n) is 6.29. The van der Waals surface area contributed by atoms with Crippen LogP contribution in [0, 0.1) is 5.41 Å². The number of piperidine rings is 2. The molecule has 0 aromatic carbocycles. The van der Waals surface area contributed by atoms with Gasteiger partial charge in [0, 0.05) is 36.5 Å². The van der Waals surface area contributed by atoms with Crippen molar-refractivity contribution in [3.8, 4) is 0 Å². The van der Waals surface area contributed by atoms with Crippen molar-refractivity contribution in [2.24, 2.45) is 5.41 Å². The molecule has 0 unspecified atom stereocenters. The standard InChI is InChI=1S/C15H23N3OS/c1-12(8-13-9-17-11-20-13)18-10-15(3-2-14(18)19)4-6-16-7-5-15/h9,11-12,16H,2-8,10H2,1H3/t12-/m0/s1. The summed E-state index contributed by atoms with van der Waals surface area (Å²) in [4.78, 5) is 19.8. The van der Waals surface area contributed by atoms with Crippen LogP contribution in [0.15, 0.2) is 11.7 Å². The first-order valence-corrected chi connectivity index (χ1v) is 8.44. The summed E-state index contributed by atoms with van der Waals surface area (Å²) in [6.07, 6.45) is 7.10. The highest BCUT2D eigenvalue weighted by atomic mass is 32.1. The molecule has 2 aliphatic heterocycles. The van der Waals surface area contributed by atoms with Crippen LogP contribution < -0.4 is 5.32 Å². The number of carbonyl (C=O) groups is 1. The largest absolute Gasteiger partial charge is 0.339 e. The molecule has 1 N–H and O–H groups in total. The number of thiazole rings is 1. The normalized spacial score (nSPS) is 24.1. The Hall–Kier alpha value is -0.940. The monoisotopic (exact) mass is 293 g/mol. The van der Waals surface area contributed by atoms with E-state index in [1.807, 2.05) is 11.7 Å². The van der Waals surface area contributed by atoms with Crippen LogP contribution in [0.5, 0.6) is 0 Å². The van der Waals surface area contributed by atoms with E-state index in [-0.39, 0.29) is 6.04 Å². The summed E-state index contributed by atoms with van der Waals surface area (Å²) < 4.78 is 0. The first-order chi connectivity index (χ1) is 9.69. The summed E-state index contributed by atoms with van der Waals surface area (Å²) in [5, 5.41) is 3.44. The number of likely N-dealkylation sites (tertiary alicyclic amines) is 1. The number of rotatable bonds is 3. The summed E-state index contributed by atoms with van der Waals surface area (Å²) >= 11 is 1.68. The van der Waals surface area contributed by atoms with E-state index < -0.39 is 0 Å². The Labute approximate surface area is 124 Å². The fourth-order valence-electron chi connectivity index (χ4n) is 3.56. The van der Waals surface area contributed by atoms with E-state index in [9.17, 15) is 4.79 Å². The van der Waals surface area contributed by atoms with Crippen LogP contribution in [0.3, 0.4) is 0 Å². The highest BCUT2D eigenvalue weighted by molar-refractivity contribution is 7.09. The van der Waals surface area contributed by atoms with Crippen molar-refractivity contribution in [1.82, 2.24) is 15.2 Å². The Balaban J connectivity index is 1.68. The van der Waals surface area contributed by atoms with E-state index >= 15 is 0 Å². The molecule has 2 saturated heterocycles. The molecule has 3 heterocycles. The highest BCUT2D eigenvalue weighted by Gasteiger charge is 2.40. The van der Waals surface area contributed by atoms with Gasteiger partial charge in [-0.1, -0.05) is 0 Å². The Morgan fingerprint density at radius 1 is 1.45 bits per heavy atom. The van der Waals surface area contributed by atoms with Crippen LogP contribution in [0.2, 0.25) is 0 Å². The molecule has 2 aliphatic rings. The van der Waals surface area contributed by atoms with Crippen molar-refractivity contribution < 1.29 is 4.79 Å². The lowest BCUT2D eigenvalue weighted by Gasteiger charge is -2.47. The topological polar surface area (TPSA) is 45.2 Å². The van der Waals surface area contributed by atoms with Crippen LogP contribution in [0.1, 0.15) is 37.5 Å². The van der Waals surface area contributed by atoms with Gasteiger partial charge in [0.1, 0.15) is 0 Å². The molecule has 110 valence electrons. The predicted molar refractivity (Wildman–Crippen MR) is 80.8 cm³/mol. The summed E-state index contributed by atoms with van der Waals surface area (Å²) in [6, 6.07) is 0.287. The highest BCUT2D eigenvalue weighted by Crippen LogP contribution is 2.39. The summed E-state index contributed by atoms with van der Waals surface area (Å²) in [5.41, 5.74) is 2.25. The Morgan fingerprint density at radius 2 is 2.25 bits per heavy atom. The quantitative estimate of drug-likeness (QED) is 0.928. The minimum atomic E-state index is 0.287. The van der Waals surface area contributed by atoms with Gasteiger partial charge in [0.2, 0.25) is 5.91 Å². The van der Waals surface area contributed by atoms with E-state index in [2.05, 4.69) is 22.1 Å². The van der Waals surface area contributed by atoms with Crippen molar-refractivity contribution in [2.75, 3.05) is 19.6 Å². The van der Waals surface area contributed by atoms with E-state index in [4.69, 9.17) is 0 Å². The Kier molecular flexibility index (Phi) is 4.08. The smallest absolute Gasteiger partial charge is 0.222 e. The maximum Gasteiger partial charge on any atom is 0.222 e. The molecule has 0 radical (unpaired) electrons. The molecule has 4 nitrogen and oxygen atoms in total. The van der Waals surface area contributed by atoms with Crippen LogP contribution in [0.25, 0.3) is 0 Å². The van der Waals surface area contributed by atoms with Crippen LogP contribution >= 0.6 is 11.3 Å². The van der Waals surface area contributed by atoms with Gasteiger partial charge in [0.25, 0.3) is 0 Å². The third kappa shape index (κ3) is 2.88. The van der Waals surface area contributed by atoms with Gasteiger partial charge in [0.05, 0.1) is 5.51 Å². The van der Waals surface area contributed by atoms with Crippen LogP contribution in [-0.2, 0) is 11.2 Å². The lowest BCUT2D eigenvalue weighted by Crippen LogP contribution is -2.53. The predicted octanol–water partition coefficient (Wildman–Crippen LogP) is 2.07. The zero-order valence-corrected chi connectivity index (χ0v) is 12.9. The maximum atomic E-state index is 12.3. The molecule has 20 heavy (non-hydrogen) atoms. The molecule has 1 aromatic rings. The second kappa shape index (κ2) is 5.82. The minimum Gasteiger partial charge on any atom is -0.339 e. The van der Waals surface area contributed by atoms with E-state index in [0.29, 0.717) is 11.3 Å². The number of nitrogens with one attached hydrogen (secondary N) is 1. The summed E-state index contributed by atoms with van der Waals surface area (Å²) in [5.74, 6) is 0.339. The fourth-order valence-corrected chi connectivity index (χ4v) is 4.27. The number of amides is 1. The van der Waals surface area contributed by atoms with Gasteiger partial charge in [-0.2, -0.15) is 0 Å². The van der Waals surface area contributed by atoms with Gasteiger partial charge >= 0.3 is 0 Å². The number of hydrogen-bond donors (Lipinski definition) is 1. The molecule has 1 atom stereocenters. The van der Waals surface area contributed by atoms with E-state index in [1.54, 1.807) is 11.3 Å². The van der Waals surface area contributed by atoms with Crippen LogP contribution in [0.4, 0.5) is 0 Å². The van der Waals surface area contributed by atoms with Crippen molar-refractivity contribution >= 4 is 17.2 Å². The number of carbonyl (C=O) groups excluding carboxylic acids is 1. The molecule has 2 fully saturated rings. The summed E-state index contributed by atoms with van der Waals surface area (Å²) in [6.45, 7) is 5.34. The van der Waals surface area contributed by atoms with E-state index in [1.165, 1.54) is 17.7 Å². The lowest BCUT2D eigenvalue weighted by molar-refractivity contribution is -0.141. The van der Waals surface area contributed by atoms with Crippen molar-refractivity contribution in [3.63, 3.8) is 0 Å². The first kappa shape index (κ1) is 14.0. The van der Waals surface area contributed by atoms with Crippen molar-refractivity contribution in [2.45, 2.75) is 45.1 Å². The lowest BCUT2D eigenvalue weighted by atomic mass is 9.72. The Bertz CT molecular complexity index is 454. The Morgan fingerprint density at radius 3 is 2.95 bits per heavy atom. The zero-order chi connectivity index (χ0) is 14.0. The van der Waals surface area contributed by atoms with Gasteiger partial charge < -0.3 is 10.2 Å². The minimum absolute atomic E-state index is 0.287. The van der Waals surface area contributed by atoms with Gasteiger partial charge in [-0.15, -0.1) is 11.3 Å². The number of aromatic nitrogens is 1. The van der Waals surface area contributed by atoms with Crippen molar-refractivity contribution in [3.05, 3.63) is 16.6 Å². The average molecular weight is 293 g/mol. The van der Waals surface area contributed by atoms with Gasteiger partial charge in [0.15, 0.2) is 0 Å². The van der Waals surface area contributed by atoms with Crippen LogP contribution in [-0.4, -0.2) is 41.5 Å². The second-order valence-corrected chi connectivity index (χ2v) is 7.26. The maximum absolute atomic E-state index is 12.3. The van der Waals surface area contributed by atoms with Crippen molar-refractivity contribution in [1.29, 1.82) is 0 Å². The molecule has 0 saturated carbocycles. The van der Waals surface area contributed by atoms with Gasteiger partial charge in [-0.05, 0) is 44.7 Å². The zero-order valence-electron chi connectivity index (χ0n) is 12.1. The average Bonchev–Trinajstić information content (AvgIpc) is 2.96. The molecular formula is C15H23N3OS. The molecule has 1 aromatic heterocycles. The molecular weight excluding hydrogens is 270 g/mol. The fraction of sp³-hybridized carbons (Fsp3) is 0.733. The first-order valence-electron chi connectivity index (χ1n) is 7.56. The number of hydrogen-bond acceptors (Lipinski definition) is 4. The number of nitrogens with zero attached hydrogens (tertiary/aromatic N) is 2. The third-order valence-electron chi connectivity index (χ3n) is 4.87. The SMILES string of the molecule is C[C@@H](Cc1cncs1)N1CC2(CCNCC2)CCC1=O. The molecule has 5 heteroatoms. The van der Waals surface area contributed by atoms with E-state index in [0.717, 1.165) is 38.9 Å². The third-order valence-corrected chi connectivity index (χ3v) is 5.67. The molecule has 0 bridgehead atoms. The molecule has 3 rings (SSSR count). The molecule has 1 amide bonds. The summed E-state index contributed by atoms with van der Waals surface area (Å²) in [7, 11) is 0. The molecule has 1 spiro atoms. The van der Waals surface area contributed by atoms with Gasteiger partial charge in [-0.25, -0.2) is 0 Å².